The third-order valence-corrected chi connectivity index (χ3v) is 3.12. The summed E-state index contributed by atoms with van der Waals surface area (Å²) < 4.78 is 5.59. The molecule has 0 aliphatic heterocycles. The minimum atomic E-state index is -1.55. The maximum atomic E-state index is 9.12. The summed E-state index contributed by atoms with van der Waals surface area (Å²) >= 11 is 0. The van der Waals surface area contributed by atoms with Gasteiger partial charge in [-0.05, 0) is 23.1 Å². The average molecular weight is 256 g/mol. The van der Waals surface area contributed by atoms with E-state index in [0.29, 0.717) is 22.1 Å². The fourth-order valence-corrected chi connectivity index (χ4v) is 2.13. The van der Waals surface area contributed by atoms with Crippen LogP contribution in [-0.4, -0.2) is 34.3 Å². The lowest BCUT2D eigenvalue weighted by Crippen LogP contribution is -2.29. The molecule has 1 aromatic heterocycles. The van der Waals surface area contributed by atoms with E-state index in [1.807, 2.05) is 0 Å². The molecule has 0 bridgehead atoms. The van der Waals surface area contributed by atoms with E-state index in [0.717, 1.165) is 10.8 Å². The molecule has 0 amide bonds. The molecule has 3 aromatic rings. The number of fused-ring (bicyclic) bond motifs is 3. The number of furan rings is 1. The van der Waals surface area contributed by atoms with Gasteiger partial charge in [0.15, 0.2) is 0 Å². The molecule has 2 aromatic carbocycles. The van der Waals surface area contributed by atoms with Crippen molar-refractivity contribution >= 4 is 47.1 Å². The lowest BCUT2D eigenvalue weighted by Gasteiger charge is -1.98. The van der Waals surface area contributed by atoms with Crippen LogP contribution in [0.1, 0.15) is 0 Å². The zero-order valence-corrected chi connectivity index (χ0v) is 9.82. The maximum absolute atomic E-state index is 9.12. The van der Waals surface area contributed by atoms with Crippen LogP contribution in [0.3, 0.4) is 0 Å². The van der Waals surface area contributed by atoms with Crippen LogP contribution >= 0.6 is 0 Å². The van der Waals surface area contributed by atoms with Gasteiger partial charge in [-0.3, -0.25) is 0 Å². The summed E-state index contributed by atoms with van der Waals surface area (Å²) in [4.78, 5) is 0. The van der Waals surface area contributed by atoms with E-state index in [1.165, 1.54) is 0 Å². The third kappa shape index (κ3) is 2.02. The van der Waals surface area contributed by atoms with Crippen molar-refractivity contribution in [1.82, 2.24) is 0 Å². The van der Waals surface area contributed by atoms with Crippen molar-refractivity contribution in [2.75, 3.05) is 0 Å². The minimum Gasteiger partial charge on any atom is -0.456 e. The molecule has 0 saturated carbocycles. The Morgan fingerprint density at radius 3 is 1.47 bits per heavy atom. The number of hydrogen-bond donors (Lipinski definition) is 4. The Morgan fingerprint density at radius 2 is 1.11 bits per heavy atom. The lowest BCUT2D eigenvalue weighted by atomic mass is 9.79. The van der Waals surface area contributed by atoms with Gasteiger partial charge in [-0.15, -0.1) is 0 Å². The Balaban J connectivity index is 2.25. The number of hydrogen-bond acceptors (Lipinski definition) is 5. The molecule has 94 valence electrons. The smallest absolute Gasteiger partial charge is 0.456 e. The molecule has 3 rings (SSSR count). The zero-order chi connectivity index (χ0) is 13.6. The van der Waals surface area contributed by atoms with Crippen LogP contribution in [0.15, 0.2) is 40.8 Å². The Kier molecular flexibility index (Phi) is 2.83. The van der Waals surface area contributed by atoms with Gasteiger partial charge in [-0.25, -0.2) is 0 Å². The van der Waals surface area contributed by atoms with Crippen LogP contribution in [0.2, 0.25) is 0 Å². The molecule has 5 nitrogen and oxygen atoms in total. The SMILES string of the molecule is OB(O)c1ccc2c(c1)oc1cc(B(O)O)ccc12. The second kappa shape index (κ2) is 4.40. The highest BCUT2D eigenvalue weighted by Crippen LogP contribution is 2.27. The summed E-state index contributed by atoms with van der Waals surface area (Å²) in [5.74, 6) is 0. The maximum Gasteiger partial charge on any atom is 0.488 e. The molecule has 0 fully saturated rings. The number of rotatable bonds is 2. The highest BCUT2D eigenvalue weighted by molar-refractivity contribution is 6.59. The molecule has 0 atom stereocenters. The largest absolute Gasteiger partial charge is 0.488 e. The molecule has 0 aliphatic carbocycles. The van der Waals surface area contributed by atoms with Gasteiger partial charge in [0.1, 0.15) is 11.2 Å². The topological polar surface area (TPSA) is 94.1 Å². The third-order valence-electron chi connectivity index (χ3n) is 3.12. The molecular weight excluding hydrogens is 246 g/mol. The summed E-state index contributed by atoms with van der Waals surface area (Å²) in [6, 6.07) is 9.80. The zero-order valence-electron chi connectivity index (χ0n) is 9.82. The molecule has 0 unspecified atom stereocenters. The van der Waals surface area contributed by atoms with Crippen molar-refractivity contribution in [1.29, 1.82) is 0 Å². The van der Waals surface area contributed by atoms with E-state index < -0.39 is 14.2 Å². The standard InChI is InChI=1S/C12H10B2O5/c15-13(16)7-1-3-9-10-4-2-8(14(17)18)6-12(10)19-11(9)5-7/h1-6,15-18H. The van der Waals surface area contributed by atoms with Gasteiger partial charge in [-0.1, -0.05) is 24.3 Å². The number of benzene rings is 2. The molecule has 1 heterocycles. The van der Waals surface area contributed by atoms with E-state index >= 15 is 0 Å². The molecule has 0 saturated heterocycles. The quantitative estimate of drug-likeness (QED) is 0.439. The molecule has 19 heavy (non-hydrogen) atoms. The minimum absolute atomic E-state index is 0.342. The molecule has 0 aliphatic rings. The van der Waals surface area contributed by atoms with E-state index in [4.69, 9.17) is 24.5 Å². The Bertz CT molecular complexity index is 688. The van der Waals surface area contributed by atoms with Crippen LogP contribution in [0.4, 0.5) is 0 Å². The summed E-state index contributed by atoms with van der Waals surface area (Å²) in [5.41, 5.74) is 1.72. The molecule has 0 spiro atoms. The van der Waals surface area contributed by atoms with E-state index in [2.05, 4.69) is 0 Å². The van der Waals surface area contributed by atoms with Crippen LogP contribution in [-0.2, 0) is 0 Å². The van der Waals surface area contributed by atoms with Crippen molar-refractivity contribution in [2.24, 2.45) is 0 Å². The highest BCUT2D eigenvalue weighted by Gasteiger charge is 2.16. The second-order valence-corrected chi connectivity index (χ2v) is 4.36. The van der Waals surface area contributed by atoms with Gasteiger partial charge in [0.2, 0.25) is 0 Å². The fourth-order valence-electron chi connectivity index (χ4n) is 2.13. The van der Waals surface area contributed by atoms with Crippen molar-refractivity contribution in [3.8, 4) is 0 Å². The average Bonchev–Trinajstić information content (AvgIpc) is 2.74. The van der Waals surface area contributed by atoms with Crippen molar-refractivity contribution in [3.05, 3.63) is 36.4 Å². The predicted octanol–water partition coefficient (Wildman–Crippen LogP) is -1.05. The van der Waals surface area contributed by atoms with Gasteiger partial charge >= 0.3 is 14.2 Å². The van der Waals surface area contributed by atoms with Crippen LogP contribution in [0.5, 0.6) is 0 Å². The molecular formula is C12H10B2O5. The van der Waals surface area contributed by atoms with Crippen LogP contribution in [0.25, 0.3) is 21.9 Å². The van der Waals surface area contributed by atoms with Crippen molar-refractivity contribution < 1.29 is 24.5 Å². The molecule has 7 heteroatoms. The van der Waals surface area contributed by atoms with Crippen molar-refractivity contribution in [2.45, 2.75) is 0 Å². The Morgan fingerprint density at radius 1 is 0.684 bits per heavy atom. The van der Waals surface area contributed by atoms with Crippen LogP contribution in [0, 0.1) is 0 Å². The molecule has 0 radical (unpaired) electrons. The lowest BCUT2D eigenvalue weighted by molar-refractivity contribution is 0.424. The summed E-state index contributed by atoms with van der Waals surface area (Å²) in [5, 5.41) is 38.2. The first-order valence-electron chi connectivity index (χ1n) is 5.74. The van der Waals surface area contributed by atoms with Gasteiger partial charge in [0.25, 0.3) is 0 Å². The van der Waals surface area contributed by atoms with E-state index in [-0.39, 0.29) is 0 Å². The first-order valence-corrected chi connectivity index (χ1v) is 5.74. The normalized spacial score (nSPS) is 11.2. The predicted molar refractivity (Wildman–Crippen MR) is 73.4 cm³/mol. The first-order chi connectivity index (χ1) is 9.06. The van der Waals surface area contributed by atoms with Gasteiger partial charge in [0, 0.05) is 10.8 Å². The van der Waals surface area contributed by atoms with Gasteiger partial charge in [-0.2, -0.15) is 0 Å². The molecule has 4 N–H and O–H groups in total. The van der Waals surface area contributed by atoms with Gasteiger partial charge in [0.05, 0.1) is 0 Å². The first kappa shape index (κ1) is 12.3. The second-order valence-electron chi connectivity index (χ2n) is 4.36. The van der Waals surface area contributed by atoms with Gasteiger partial charge < -0.3 is 24.5 Å². The Hall–Kier alpha value is -1.79. The van der Waals surface area contributed by atoms with E-state index in [1.54, 1.807) is 36.4 Å². The van der Waals surface area contributed by atoms with E-state index in [9.17, 15) is 0 Å². The monoisotopic (exact) mass is 256 g/mol. The fraction of sp³-hybridized carbons (Fsp3) is 0. The Labute approximate surface area is 109 Å². The summed E-state index contributed by atoms with van der Waals surface area (Å²) in [7, 11) is -3.10. The summed E-state index contributed by atoms with van der Waals surface area (Å²) in [6.45, 7) is 0. The summed E-state index contributed by atoms with van der Waals surface area (Å²) in [6.07, 6.45) is 0. The highest BCUT2D eigenvalue weighted by atomic mass is 16.4. The van der Waals surface area contributed by atoms with Crippen LogP contribution < -0.4 is 10.9 Å². The van der Waals surface area contributed by atoms with Crippen molar-refractivity contribution in [3.63, 3.8) is 0 Å².